The topological polar surface area (TPSA) is 9.86 Å². The highest BCUT2D eigenvalue weighted by molar-refractivity contribution is 7.01. The molecule has 0 aliphatic carbocycles. The van der Waals surface area contributed by atoms with Gasteiger partial charge in [-0.1, -0.05) is 196 Å². The van der Waals surface area contributed by atoms with Crippen molar-refractivity contribution in [3.8, 4) is 33.6 Å². The fourth-order valence-corrected chi connectivity index (χ4v) is 12.6. The van der Waals surface area contributed by atoms with E-state index in [9.17, 15) is 0 Å². The van der Waals surface area contributed by atoms with Crippen LogP contribution < -0.4 is 32.8 Å². The number of nitrogens with zero attached hydrogens (tertiary/aromatic N) is 2. The van der Waals surface area contributed by atoms with Gasteiger partial charge in [0.2, 0.25) is 13.4 Å². The molecule has 0 bridgehead atoms. The van der Waals surface area contributed by atoms with Gasteiger partial charge in [0.15, 0.2) is 0 Å². The van der Waals surface area contributed by atoms with Crippen molar-refractivity contribution in [3.05, 3.63) is 203 Å². The Morgan fingerprint density at radius 2 is 0.719 bits per heavy atom. The molecule has 2 aliphatic rings. The quantitative estimate of drug-likeness (QED) is 0.157. The lowest BCUT2D eigenvalue weighted by Crippen LogP contribution is -2.62. The first-order valence-electron chi connectivity index (χ1n) is 22.8. The van der Waals surface area contributed by atoms with Gasteiger partial charge >= 0.3 is 0 Å². The largest absolute Gasteiger partial charge is 0.310 e. The summed E-state index contributed by atoms with van der Waals surface area (Å²) in [7, 11) is 0. The zero-order chi connectivity index (χ0) is 43.1. The fourth-order valence-electron chi connectivity index (χ4n) is 12.6. The number of fused-ring (bicyclic) bond motifs is 10. The molecule has 0 N–H and O–H groups in total. The van der Waals surface area contributed by atoms with Crippen molar-refractivity contribution in [1.82, 2.24) is 9.13 Å². The summed E-state index contributed by atoms with van der Waals surface area (Å²) < 4.78 is 5.27. The summed E-state index contributed by atoms with van der Waals surface area (Å²) in [5.74, 6) is 0. The molecule has 0 saturated carbocycles. The first-order chi connectivity index (χ1) is 31.3. The maximum Gasteiger partial charge on any atom is 0.247 e. The van der Waals surface area contributed by atoms with Crippen LogP contribution in [0.3, 0.4) is 0 Å². The zero-order valence-electron chi connectivity index (χ0n) is 37.2. The number of hydrogen-bond donors (Lipinski definition) is 0. The van der Waals surface area contributed by atoms with Gasteiger partial charge in [-0.2, -0.15) is 0 Å². The number of aryl methyl sites for hydroxylation is 6. The first kappa shape index (κ1) is 37.3. The average molecular weight is 817 g/mol. The van der Waals surface area contributed by atoms with Gasteiger partial charge in [0.25, 0.3) is 0 Å². The minimum atomic E-state index is 0.0224. The molecule has 0 fully saturated rings. The van der Waals surface area contributed by atoms with Crippen LogP contribution in [0.1, 0.15) is 33.4 Å². The number of rotatable bonds is 4. The molecule has 2 aliphatic heterocycles. The molecular weight excluding hydrogens is 770 g/mol. The van der Waals surface area contributed by atoms with Crippen LogP contribution in [-0.2, 0) is 0 Å². The number of aromatic nitrogens is 2. The van der Waals surface area contributed by atoms with E-state index in [1.807, 2.05) is 0 Å². The summed E-state index contributed by atoms with van der Waals surface area (Å²) in [5.41, 5.74) is 28.9. The molecule has 9 aromatic carbocycles. The van der Waals surface area contributed by atoms with Gasteiger partial charge in [-0.25, -0.2) is 0 Å². The number of hydrogen-bond acceptors (Lipinski definition) is 0. The van der Waals surface area contributed by atoms with E-state index in [4.69, 9.17) is 0 Å². The van der Waals surface area contributed by atoms with Crippen LogP contribution in [0, 0.1) is 41.5 Å². The third kappa shape index (κ3) is 5.05. The molecular formula is C60H46B2N2. The Morgan fingerprint density at radius 1 is 0.344 bits per heavy atom. The second kappa shape index (κ2) is 13.6. The van der Waals surface area contributed by atoms with Gasteiger partial charge in [-0.15, -0.1) is 0 Å². The number of para-hydroxylation sites is 2. The van der Waals surface area contributed by atoms with E-state index in [1.165, 1.54) is 143 Å². The van der Waals surface area contributed by atoms with Crippen LogP contribution in [-0.4, -0.2) is 22.6 Å². The van der Waals surface area contributed by atoms with Crippen LogP contribution in [0.25, 0.3) is 77.2 Å². The van der Waals surface area contributed by atoms with Crippen molar-refractivity contribution < 1.29 is 0 Å². The molecule has 4 heterocycles. The van der Waals surface area contributed by atoms with Gasteiger partial charge in [-0.3, -0.25) is 0 Å². The van der Waals surface area contributed by atoms with Gasteiger partial charge < -0.3 is 9.13 Å². The molecule has 0 spiro atoms. The Hall–Kier alpha value is -7.29. The molecule has 4 heteroatoms. The minimum absolute atomic E-state index is 0.0224. The summed E-state index contributed by atoms with van der Waals surface area (Å²) >= 11 is 0. The third-order valence-corrected chi connectivity index (χ3v) is 14.8. The van der Waals surface area contributed by atoms with Gasteiger partial charge in [0.1, 0.15) is 0 Å². The Morgan fingerprint density at radius 3 is 1.12 bits per heavy atom. The Kier molecular flexibility index (Phi) is 7.92. The predicted molar refractivity (Wildman–Crippen MR) is 277 cm³/mol. The second-order valence-electron chi connectivity index (χ2n) is 18.7. The first-order valence-corrected chi connectivity index (χ1v) is 22.8. The van der Waals surface area contributed by atoms with Crippen LogP contribution in [0.5, 0.6) is 0 Å². The van der Waals surface area contributed by atoms with Crippen LogP contribution in [0.4, 0.5) is 0 Å². The standard InChI is InChI=1S/C60H46B2N2/c1-35-29-37(3)57(38(4)30-35)61-47-27-25-43(41-17-9-7-10-18-41)55-45-21-13-15-23-51(45)63(59(47)55)53-34-54-50(33-49(53)61)62(58-39(5)31-36(2)32-40(58)6)48-28-26-44(42-19-11-8-12-20-42)56-46-22-14-16-24-52(46)64(54)60(48)56/h7-34H,1-6H3. The lowest BCUT2D eigenvalue weighted by atomic mass is 9.31. The summed E-state index contributed by atoms with van der Waals surface area (Å²) in [5, 5.41) is 5.22. The second-order valence-corrected chi connectivity index (χ2v) is 18.7. The smallest absolute Gasteiger partial charge is 0.247 e. The van der Waals surface area contributed by atoms with Crippen LogP contribution in [0.15, 0.2) is 170 Å². The molecule has 0 radical (unpaired) electrons. The van der Waals surface area contributed by atoms with Crippen molar-refractivity contribution in [2.45, 2.75) is 41.5 Å². The molecule has 0 amide bonds. The van der Waals surface area contributed by atoms with E-state index in [0.717, 1.165) is 0 Å². The summed E-state index contributed by atoms with van der Waals surface area (Å²) in [4.78, 5) is 0. The highest BCUT2D eigenvalue weighted by Crippen LogP contribution is 2.42. The number of benzene rings is 9. The lowest BCUT2D eigenvalue weighted by Gasteiger charge is -2.34. The maximum absolute atomic E-state index is 2.65. The average Bonchev–Trinajstić information content (AvgIpc) is 3.83. The van der Waals surface area contributed by atoms with Gasteiger partial charge in [0, 0.05) is 44.0 Å². The van der Waals surface area contributed by atoms with Crippen LogP contribution >= 0.6 is 0 Å². The lowest BCUT2D eigenvalue weighted by molar-refractivity contribution is 1.15. The van der Waals surface area contributed by atoms with E-state index >= 15 is 0 Å². The molecule has 64 heavy (non-hydrogen) atoms. The monoisotopic (exact) mass is 816 g/mol. The third-order valence-electron chi connectivity index (χ3n) is 14.8. The SMILES string of the molecule is Cc1cc(C)c(B2c3cc4c(cc3-n3c5ccccc5c5c(-c6ccccc6)ccc2c53)-n2c3ccccc3c3c(-c5ccccc5)ccc(c32)B4c2c(C)cc(C)cc2C)c(C)c1. The predicted octanol–water partition coefficient (Wildman–Crippen LogP) is 10.7. The van der Waals surface area contributed by atoms with E-state index in [2.05, 4.69) is 221 Å². The molecule has 0 atom stereocenters. The van der Waals surface area contributed by atoms with Crippen molar-refractivity contribution >= 4 is 89.8 Å². The van der Waals surface area contributed by atoms with Gasteiger partial charge in [-0.05, 0) is 104 Å². The molecule has 302 valence electrons. The summed E-state index contributed by atoms with van der Waals surface area (Å²) in [6.07, 6.45) is 0. The van der Waals surface area contributed by atoms with E-state index in [1.54, 1.807) is 0 Å². The van der Waals surface area contributed by atoms with Gasteiger partial charge in [0.05, 0.1) is 11.0 Å². The molecule has 2 nitrogen and oxygen atoms in total. The Labute approximate surface area is 375 Å². The van der Waals surface area contributed by atoms with E-state index < -0.39 is 0 Å². The highest BCUT2D eigenvalue weighted by Gasteiger charge is 2.41. The molecule has 0 unspecified atom stereocenters. The maximum atomic E-state index is 2.65. The molecule has 2 aromatic heterocycles. The van der Waals surface area contributed by atoms with Crippen molar-refractivity contribution in [2.24, 2.45) is 0 Å². The molecule has 13 rings (SSSR count). The normalized spacial score (nSPS) is 12.8. The molecule has 11 aromatic rings. The minimum Gasteiger partial charge on any atom is -0.310 e. The summed E-state index contributed by atoms with van der Waals surface area (Å²) in [6.45, 7) is 13.8. The fraction of sp³-hybridized carbons (Fsp3) is 0.100. The van der Waals surface area contributed by atoms with Crippen molar-refractivity contribution in [2.75, 3.05) is 0 Å². The van der Waals surface area contributed by atoms with Crippen molar-refractivity contribution in [1.29, 1.82) is 0 Å². The van der Waals surface area contributed by atoms with Crippen LogP contribution in [0.2, 0.25) is 0 Å². The Bertz CT molecular complexity index is 3500. The van der Waals surface area contributed by atoms with E-state index in [0.29, 0.717) is 0 Å². The molecule has 0 saturated heterocycles. The zero-order valence-corrected chi connectivity index (χ0v) is 37.2. The summed E-state index contributed by atoms with van der Waals surface area (Å²) in [6, 6.07) is 64.8. The van der Waals surface area contributed by atoms with E-state index in [-0.39, 0.29) is 13.4 Å². The highest BCUT2D eigenvalue weighted by atomic mass is 15.0. The van der Waals surface area contributed by atoms with Crippen molar-refractivity contribution in [3.63, 3.8) is 0 Å². The Balaban J connectivity index is 1.24.